The average Bonchev–Trinajstić information content (AvgIpc) is 3.55. The third kappa shape index (κ3) is 4.10. The molecule has 2 aromatic carbocycles. The number of rotatable bonds is 6. The Morgan fingerprint density at radius 2 is 1.87 bits per heavy atom. The van der Waals surface area contributed by atoms with Crippen LogP contribution in [0.3, 0.4) is 0 Å². The first kappa shape index (κ1) is 19.8. The molecule has 3 aromatic rings. The minimum absolute atomic E-state index is 0.0710. The van der Waals surface area contributed by atoms with Gasteiger partial charge >= 0.3 is 5.69 Å². The Bertz CT molecular complexity index is 1220. The first-order valence-corrected chi connectivity index (χ1v) is 10.1. The first-order chi connectivity index (χ1) is 14.4. The zero-order valence-corrected chi connectivity index (χ0v) is 17.1. The molecule has 0 saturated heterocycles. The molecule has 1 heterocycles. The number of nitrogens with zero attached hydrogens (tertiary/aromatic N) is 3. The van der Waals surface area contributed by atoms with Crippen LogP contribution < -0.4 is 16.6 Å². The van der Waals surface area contributed by atoms with Gasteiger partial charge in [-0.05, 0) is 61.4 Å². The van der Waals surface area contributed by atoms with Gasteiger partial charge in [0.15, 0.2) is 0 Å². The monoisotopic (exact) mass is 404 g/mol. The van der Waals surface area contributed by atoms with Gasteiger partial charge in [-0.15, -0.1) is 0 Å². The Labute approximate surface area is 174 Å². The van der Waals surface area contributed by atoms with Gasteiger partial charge in [0, 0.05) is 6.54 Å². The Morgan fingerprint density at radius 1 is 1.10 bits per heavy atom. The number of nitrogens with one attached hydrogen (secondary N) is 1. The molecule has 0 radical (unpaired) electrons. The standard InChI is InChI=1S/C23H24N4O3/c1-15-6-5-9-19(12-15)27-23(30)26(14-18-8-4-3-7-16(18)2)22(29)20(25-27)21(28)24-13-17-10-11-17/h3-9,12,17H,10-11,13-14H2,1-2H3,(H,24,28). The van der Waals surface area contributed by atoms with Gasteiger partial charge in [0.1, 0.15) is 0 Å². The van der Waals surface area contributed by atoms with Crippen molar-refractivity contribution in [3.05, 3.63) is 91.8 Å². The van der Waals surface area contributed by atoms with E-state index in [-0.39, 0.29) is 12.2 Å². The van der Waals surface area contributed by atoms with Crippen molar-refractivity contribution in [2.45, 2.75) is 33.2 Å². The molecular formula is C23H24N4O3. The van der Waals surface area contributed by atoms with E-state index in [2.05, 4.69) is 10.4 Å². The molecule has 1 aliphatic carbocycles. The van der Waals surface area contributed by atoms with Crippen molar-refractivity contribution in [1.82, 2.24) is 19.7 Å². The molecule has 1 amide bonds. The average molecular weight is 404 g/mol. The van der Waals surface area contributed by atoms with Crippen LogP contribution in [0.4, 0.5) is 0 Å². The Hall–Kier alpha value is -3.48. The van der Waals surface area contributed by atoms with Gasteiger partial charge in [-0.2, -0.15) is 9.78 Å². The summed E-state index contributed by atoms with van der Waals surface area (Å²) in [4.78, 5) is 39.0. The quantitative estimate of drug-likeness (QED) is 0.682. The van der Waals surface area contributed by atoms with Crippen molar-refractivity contribution in [1.29, 1.82) is 0 Å². The summed E-state index contributed by atoms with van der Waals surface area (Å²) in [6, 6.07) is 14.8. The third-order valence-electron chi connectivity index (χ3n) is 5.36. The number of hydrogen-bond donors (Lipinski definition) is 1. The van der Waals surface area contributed by atoms with Gasteiger partial charge in [0.05, 0.1) is 12.2 Å². The topological polar surface area (TPSA) is 86.0 Å². The van der Waals surface area contributed by atoms with Crippen molar-refractivity contribution in [2.24, 2.45) is 5.92 Å². The van der Waals surface area contributed by atoms with Gasteiger partial charge in [-0.3, -0.25) is 14.2 Å². The fourth-order valence-electron chi connectivity index (χ4n) is 3.33. The smallest absolute Gasteiger partial charge is 0.350 e. The molecule has 0 bridgehead atoms. The van der Waals surface area contributed by atoms with E-state index < -0.39 is 17.2 Å². The SMILES string of the molecule is Cc1cccc(-n2nc(C(=O)NCC3CC3)c(=O)n(Cc3ccccc3C)c2=O)c1. The van der Waals surface area contributed by atoms with Crippen LogP contribution in [0, 0.1) is 19.8 Å². The minimum Gasteiger partial charge on any atom is -0.350 e. The lowest BCUT2D eigenvalue weighted by Crippen LogP contribution is -2.46. The normalized spacial score (nSPS) is 13.3. The van der Waals surface area contributed by atoms with Crippen molar-refractivity contribution in [2.75, 3.05) is 6.54 Å². The molecule has 1 aromatic heterocycles. The summed E-state index contributed by atoms with van der Waals surface area (Å²) in [6.45, 7) is 4.41. The van der Waals surface area contributed by atoms with Crippen molar-refractivity contribution in [3.63, 3.8) is 0 Å². The second kappa shape index (κ2) is 8.10. The molecule has 0 spiro atoms. The van der Waals surface area contributed by atoms with E-state index in [0.29, 0.717) is 18.2 Å². The molecule has 0 aliphatic heterocycles. The maximum atomic E-state index is 13.2. The molecule has 1 saturated carbocycles. The van der Waals surface area contributed by atoms with Gasteiger partial charge in [-0.1, -0.05) is 36.4 Å². The molecule has 1 aliphatic rings. The predicted octanol–water partition coefficient (Wildman–Crippen LogP) is 2.20. The summed E-state index contributed by atoms with van der Waals surface area (Å²) in [6.07, 6.45) is 2.15. The second-order valence-electron chi connectivity index (χ2n) is 7.85. The Kier molecular flexibility index (Phi) is 5.35. The van der Waals surface area contributed by atoms with Gasteiger partial charge < -0.3 is 5.32 Å². The number of benzene rings is 2. The number of amides is 1. The summed E-state index contributed by atoms with van der Waals surface area (Å²) < 4.78 is 2.22. The Morgan fingerprint density at radius 3 is 2.57 bits per heavy atom. The summed E-state index contributed by atoms with van der Waals surface area (Å²) in [5, 5.41) is 6.95. The van der Waals surface area contributed by atoms with E-state index in [0.717, 1.165) is 38.8 Å². The number of carbonyl (C=O) groups excluding carboxylic acids is 1. The van der Waals surface area contributed by atoms with E-state index >= 15 is 0 Å². The van der Waals surface area contributed by atoms with Crippen molar-refractivity contribution >= 4 is 5.91 Å². The fourth-order valence-corrected chi connectivity index (χ4v) is 3.33. The van der Waals surface area contributed by atoms with Crippen LogP contribution in [0.5, 0.6) is 0 Å². The highest BCUT2D eigenvalue weighted by Gasteiger charge is 2.25. The summed E-state index contributed by atoms with van der Waals surface area (Å²) in [7, 11) is 0. The minimum atomic E-state index is -0.680. The van der Waals surface area contributed by atoms with E-state index in [1.165, 1.54) is 0 Å². The zero-order valence-electron chi connectivity index (χ0n) is 17.1. The van der Waals surface area contributed by atoms with Crippen LogP contribution in [-0.4, -0.2) is 26.8 Å². The first-order valence-electron chi connectivity index (χ1n) is 10.1. The van der Waals surface area contributed by atoms with E-state index in [1.807, 2.05) is 50.2 Å². The van der Waals surface area contributed by atoms with E-state index in [4.69, 9.17) is 0 Å². The maximum Gasteiger partial charge on any atom is 0.352 e. The van der Waals surface area contributed by atoms with Crippen LogP contribution in [0.15, 0.2) is 58.1 Å². The van der Waals surface area contributed by atoms with E-state index in [1.54, 1.807) is 12.1 Å². The number of aryl methyl sites for hydroxylation is 2. The molecule has 1 fully saturated rings. The molecule has 1 N–H and O–H groups in total. The van der Waals surface area contributed by atoms with Crippen LogP contribution in [-0.2, 0) is 6.54 Å². The second-order valence-corrected chi connectivity index (χ2v) is 7.85. The fraction of sp³-hybridized carbons (Fsp3) is 0.304. The highest BCUT2D eigenvalue weighted by Crippen LogP contribution is 2.27. The maximum absolute atomic E-state index is 13.2. The number of aromatic nitrogens is 3. The van der Waals surface area contributed by atoms with Crippen LogP contribution in [0.2, 0.25) is 0 Å². The molecule has 30 heavy (non-hydrogen) atoms. The number of carbonyl (C=O) groups is 1. The molecule has 0 unspecified atom stereocenters. The van der Waals surface area contributed by atoms with Gasteiger partial charge in [-0.25, -0.2) is 4.79 Å². The lowest BCUT2D eigenvalue weighted by molar-refractivity contribution is 0.0942. The van der Waals surface area contributed by atoms with E-state index in [9.17, 15) is 14.4 Å². The molecule has 7 nitrogen and oxygen atoms in total. The highest BCUT2D eigenvalue weighted by molar-refractivity contribution is 5.91. The van der Waals surface area contributed by atoms with Crippen molar-refractivity contribution < 1.29 is 4.79 Å². The lowest BCUT2D eigenvalue weighted by atomic mass is 10.1. The summed E-state index contributed by atoms with van der Waals surface area (Å²) in [5.74, 6) is -0.0855. The molecule has 154 valence electrons. The molecular weight excluding hydrogens is 380 g/mol. The van der Waals surface area contributed by atoms with Crippen molar-refractivity contribution in [3.8, 4) is 5.69 Å². The van der Waals surface area contributed by atoms with Gasteiger partial charge in [0.25, 0.3) is 11.5 Å². The summed E-state index contributed by atoms with van der Waals surface area (Å²) >= 11 is 0. The Balaban J connectivity index is 1.84. The zero-order chi connectivity index (χ0) is 21.3. The lowest BCUT2D eigenvalue weighted by Gasteiger charge is -2.13. The van der Waals surface area contributed by atoms with Crippen LogP contribution in [0.1, 0.15) is 40.0 Å². The van der Waals surface area contributed by atoms with Crippen LogP contribution >= 0.6 is 0 Å². The largest absolute Gasteiger partial charge is 0.352 e. The van der Waals surface area contributed by atoms with Crippen LogP contribution in [0.25, 0.3) is 5.69 Å². The van der Waals surface area contributed by atoms with Gasteiger partial charge in [0.2, 0.25) is 5.69 Å². The molecule has 0 atom stereocenters. The molecule has 7 heteroatoms. The predicted molar refractivity (Wildman–Crippen MR) is 114 cm³/mol. The molecule has 4 rings (SSSR count). The number of hydrogen-bond acceptors (Lipinski definition) is 4. The summed E-state index contributed by atoms with van der Waals surface area (Å²) in [5.41, 5.74) is 1.72. The third-order valence-corrected chi connectivity index (χ3v) is 5.36. The highest BCUT2D eigenvalue weighted by atomic mass is 16.2.